The summed E-state index contributed by atoms with van der Waals surface area (Å²) in [6, 6.07) is 0. The van der Waals surface area contributed by atoms with Gasteiger partial charge in [0.15, 0.2) is 5.96 Å². The van der Waals surface area contributed by atoms with Gasteiger partial charge in [0, 0.05) is 25.2 Å². The molecule has 0 rings (SSSR count). The van der Waals surface area contributed by atoms with Crippen LogP contribution in [0.3, 0.4) is 0 Å². The van der Waals surface area contributed by atoms with Crippen molar-refractivity contribution in [2.24, 2.45) is 16.6 Å². The number of nitrogens with one attached hydrogen (secondary N) is 2. The molecule has 0 bridgehead atoms. The summed E-state index contributed by atoms with van der Waals surface area (Å²) < 4.78 is 0. The van der Waals surface area contributed by atoms with Gasteiger partial charge in [0.05, 0.1) is 0 Å². The van der Waals surface area contributed by atoms with Crippen LogP contribution in [0.2, 0.25) is 0 Å². The fraction of sp³-hybridized carbons (Fsp3) is 0.909. The zero-order chi connectivity index (χ0) is 11.9. The number of nitrogens with two attached hydrogens (primary N) is 1. The molecule has 0 amide bonds. The monoisotopic (exact) mass is 214 g/mol. The van der Waals surface area contributed by atoms with E-state index in [-0.39, 0.29) is 5.54 Å². The zero-order valence-electron chi connectivity index (χ0n) is 10.7. The van der Waals surface area contributed by atoms with Crippen molar-refractivity contribution >= 4 is 5.96 Å². The molecule has 0 saturated carbocycles. The first-order valence-corrected chi connectivity index (χ1v) is 5.60. The quantitative estimate of drug-likeness (QED) is 0.362. The zero-order valence-corrected chi connectivity index (χ0v) is 10.7. The molecule has 0 unspecified atom stereocenters. The Kier molecular flexibility index (Phi) is 6.32. The predicted octanol–water partition coefficient (Wildman–Crippen LogP) is 0.935. The van der Waals surface area contributed by atoms with Gasteiger partial charge in [-0.3, -0.25) is 4.99 Å². The summed E-state index contributed by atoms with van der Waals surface area (Å²) in [6.07, 6.45) is 0. The molecule has 0 aliphatic carbocycles. The third kappa shape index (κ3) is 11.2. The van der Waals surface area contributed by atoms with Crippen molar-refractivity contribution < 1.29 is 0 Å². The smallest absolute Gasteiger partial charge is 0.188 e. The van der Waals surface area contributed by atoms with Crippen molar-refractivity contribution in [2.75, 3.05) is 19.6 Å². The molecule has 0 saturated heterocycles. The maximum absolute atomic E-state index is 5.68. The number of guanidine groups is 1. The molecular weight excluding hydrogens is 188 g/mol. The first kappa shape index (κ1) is 14.2. The van der Waals surface area contributed by atoms with Crippen LogP contribution >= 0.6 is 0 Å². The summed E-state index contributed by atoms with van der Waals surface area (Å²) in [5.74, 6) is 1.09. The fourth-order valence-corrected chi connectivity index (χ4v) is 0.965. The Labute approximate surface area is 93.7 Å². The Morgan fingerprint density at radius 2 is 1.87 bits per heavy atom. The molecule has 0 aliphatic heterocycles. The molecule has 4 heteroatoms. The van der Waals surface area contributed by atoms with E-state index in [9.17, 15) is 0 Å². The number of hydrogen-bond donors (Lipinski definition) is 3. The van der Waals surface area contributed by atoms with E-state index in [2.05, 4.69) is 50.2 Å². The van der Waals surface area contributed by atoms with Crippen LogP contribution < -0.4 is 16.4 Å². The molecule has 4 nitrogen and oxygen atoms in total. The van der Waals surface area contributed by atoms with E-state index in [0.29, 0.717) is 11.9 Å². The first-order chi connectivity index (χ1) is 6.81. The third-order valence-electron chi connectivity index (χ3n) is 1.71. The molecule has 15 heavy (non-hydrogen) atoms. The standard InChI is InChI=1S/C11H26N4/c1-9(2)8-14-10(12)13-6-7-15-11(3,4)5/h9,15H,6-8H2,1-5H3,(H3,12,13,14). The van der Waals surface area contributed by atoms with Crippen LogP contribution in [0.4, 0.5) is 0 Å². The highest BCUT2D eigenvalue weighted by molar-refractivity contribution is 5.77. The molecular formula is C11H26N4. The fourth-order valence-electron chi connectivity index (χ4n) is 0.965. The summed E-state index contributed by atoms with van der Waals surface area (Å²) in [5, 5.41) is 6.44. The first-order valence-electron chi connectivity index (χ1n) is 5.60. The second kappa shape index (κ2) is 6.67. The van der Waals surface area contributed by atoms with Gasteiger partial charge in [0.1, 0.15) is 0 Å². The summed E-state index contributed by atoms with van der Waals surface area (Å²) in [7, 11) is 0. The largest absolute Gasteiger partial charge is 0.370 e. The number of hydrogen-bond acceptors (Lipinski definition) is 2. The van der Waals surface area contributed by atoms with Crippen LogP contribution in [0, 0.1) is 5.92 Å². The van der Waals surface area contributed by atoms with Crippen LogP contribution in [0.15, 0.2) is 4.99 Å². The second-order valence-corrected chi connectivity index (χ2v) is 5.22. The minimum Gasteiger partial charge on any atom is -0.370 e. The summed E-state index contributed by atoms with van der Waals surface area (Å²) in [5.41, 5.74) is 5.84. The van der Waals surface area contributed by atoms with Crippen molar-refractivity contribution in [2.45, 2.75) is 40.2 Å². The van der Waals surface area contributed by atoms with E-state index < -0.39 is 0 Å². The molecule has 0 aromatic carbocycles. The van der Waals surface area contributed by atoms with Crippen LogP contribution in [0.25, 0.3) is 0 Å². The van der Waals surface area contributed by atoms with E-state index in [1.165, 1.54) is 0 Å². The lowest BCUT2D eigenvalue weighted by Crippen LogP contribution is -2.43. The third-order valence-corrected chi connectivity index (χ3v) is 1.71. The summed E-state index contributed by atoms with van der Waals surface area (Å²) in [6.45, 7) is 13.2. The Hall–Kier alpha value is -0.770. The lowest BCUT2D eigenvalue weighted by atomic mass is 10.1. The van der Waals surface area contributed by atoms with Crippen LogP contribution in [-0.2, 0) is 0 Å². The number of rotatable bonds is 5. The van der Waals surface area contributed by atoms with Gasteiger partial charge in [-0.2, -0.15) is 0 Å². The maximum atomic E-state index is 5.68. The van der Waals surface area contributed by atoms with Gasteiger partial charge >= 0.3 is 0 Å². The van der Waals surface area contributed by atoms with Crippen molar-refractivity contribution in [3.63, 3.8) is 0 Å². The SMILES string of the molecule is CC(C)CN=C(N)NCCNC(C)(C)C. The lowest BCUT2D eigenvalue weighted by Gasteiger charge is -2.20. The van der Waals surface area contributed by atoms with Crippen molar-refractivity contribution in [3.8, 4) is 0 Å². The molecule has 0 atom stereocenters. The van der Waals surface area contributed by atoms with Gasteiger partial charge < -0.3 is 16.4 Å². The average Bonchev–Trinajstić information content (AvgIpc) is 2.07. The molecule has 0 fully saturated rings. The Balaban J connectivity index is 3.55. The average molecular weight is 214 g/mol. The molecule has 0 radical (unpaired) electrons. The van der Waals surface area contributed by atoms with Crippen LogP contribution in [0.1, 0.15) is 34.6 Å². The Morgan fingerprint density at radius 1 is 1.27 bits per heavy atom. The predicted molar refractivity (Wildman–Crippen MR) is 67.1 cm³/mol. The topological polar surface area (TPSA) is 62.4 Å². The molecule has 0 heterocycles. The molecule has 0 aromatic rings. The van der Waals surface area contributed by atoms with E-state index in [1.807, 2.05) is 0 Å². The van der Waals surface area contributed by atoms with E-state index in [1.54, 1.807) is 0 Å². The minimum atomic E-state index is 0.158. The molecule has 90 valence electrons. The molecule has 0 aromatic heterocycles. The molecule has 4 N–H and O–H groups in total. The summed E-state index contributed by atoms with van der Waals surface area (Å²) in [4.78, 5) is 4.21. The Bertz CT molecular complexity index is 191. The highest BCUT2D eigenvalue weighted by atomic mass is 15.1. The van der Waals surface area contributed by atoms with Crippen LogP contribution in [0.5, 0.6) is 0 Å². The maximum Gasteiger partial charge on any atom is 0.188 e. The minimum absolute atomic E-state index is 0.158. The van der Waals surface area contributed by atoms with Crippen molar-refractivity contribution in [1.82, 2.24) is 10.6 Å². The Morgan fingerprint density at radius 3 is 2.33 bits per heavy atom. The van der Waals surface area contributed by atoms with E-state index in [0.717, 1.165) is 19.6 Å². The van der Waals surface area contributed by atoms with Gasteiger partial charge in [-0.1, -0.05) is 13.8 Å². The molecule has 0 spiro atoms. The van der Waals surface area contributed by atoms with Gasteiger partial charge in [-0.15, -0.1) is 0 Å². The second-order valence-electron chi connectivity index (χ2n) is 5.22. The van der Waals surface area contributed by atoms with Crippen molar-refractivity contribution in [3.05, 3.63) is 0 Å². The number of aliphatic imine (C=N–C) groups is 1. The van der Waals surface area contributed by atoms with Gasteiger partial charge in [-0.05, 0) is 26.7 Å². The van der Waals surface area contributed by atoms with Gasteiger partial charge in [0.2, 0.25) is 0 Å². The van der Waals surface area contributed by atoms with Crippen LogP contribution in [-0.4, -0.2) is 31.1 Å². The van der Waals surface area contributed by atoms with Gasteiger partial charge in [0.25, 0.3) is 0 Å². The van der Waals surface area contributed by atoms with Gasteiger partial charge in [-0.25, -0.2) is 0 Å². The molecule has 0 aliphatic rings. The van der Waals surface area contributed by atoms with Crippen molar-refractivity contribution in [1.29, 1.82) is 0 Å². The van der Waals surface area contributed by atoms with E-state index in [4.69, 9.17) is 5.73 Å². The normalized spacial score (nSPS) is 13.3. The lowest BCUT2D eigenvalue weighted by molar-refractivity contribution is 0.428. The summed E-state index contributed by atoms with van der Waals surface area (Å²) >= 11 is 0. The highest BCUT2D eigenvalue weighted by Gasteiger charge is 2.06. The van der Waals surface area contributed by atoms with E-state index >= 15 is 0 Å². The highest BCUT2D eigenvalue weighted by Crippen LogP contribution is 1.96. The number of nitrogens with zero attached hydrogens (tertiary/aromatic N) is 1.